The van der Waals surface area contributed by atoms with Crippen LogP contribution in [0.3, 0.4) is 0 Å². The van der Waals surface area contributed by atoms with Crippen molar-refractivity contribution in [1.29, 1.82) is 0 Å². The highest BCUT2D eigenvalue weighted by atomic mass is 79.9. The van der Waals surface area contributed by atoms with E-state index in [0.29, 0.717) is 28.2 Å². The third-order valence-electron chi connectivity index (χ3n) is 2.36. The molecular weight excluding hydrogens is 304 g/mol. The van der Waals surface area contributed by atoms with E-state index in [1.54, 1.807) is 19.2 Å². The number of nitrogens with one attached hydrogen (secondary N) is 1. The van der Waals surface area contributed by atoms with Crippen molar-refractivity contribution in [2.45, 2.75) is 13.5 Å². The van der Waals surface area contributed by atoms with E-state index in [1.807, 2.05) is 0 Å². The predicted molar refractivity (Wildman–Crippen MR) is 67.2 cm³/mol. The van der Waals surface area contributed by atoms with Gasteiger partial charge in [-0.2, -0.15) is 0 Å². The first kappa shape index (κ1) is 12.5. The first-order valence-corrected chi connectivity index (χ1v) is 5.82. The topological polar surface area (TPSA) is 94.1 Å². The Balaban J connectivity index is 2.19. The van der Waals surface area contributed by atoms with Gasteiger partial charge in [0, 0.05) is 11.6 Å². The molecule has 0 spiro atoms. The molecule has 2 rings (SSSR count). The third kappa shape index (κ3) is 2.48. The molecule has 0 aliphatic rings. The molecule has 0 aliphatic carbocycles. The molecule has 18 heavy (non-hydrogen) atoms. The summed E-state index contributed by atoms with van der Waals surface area (Å²) in [5, 5.41) is 17.3. The minimum Gasteiger partial charge on any atom is -0.362 e. The van der Waals surface area contributed by atoms with E-state index in [2.05, 4.69) is 31.4 Å². The second kappa shape index (κ2) is 5.13. The molecule has 0 aromatic carbocycles. The minimum atomic E-state index is -0.465. The number of hydrogen-bond donors (Lipinski definition) is 1. The summed E-state index contributed by atoms with van der Waals surface area (Å²) in [5.74, 6) is 1.18. The molecule has 2 heterocycles. The number of rotatable bonds is 4. The van der Waals surface area contributed by atoms with E-state index in [1.165, 1.54) is 6.20 Å². The Bertz CT molecular complexity index is 571. The van der Waals surface area contributed by atoms with Gasteiger partial charge in [-0.05, 0) is 22.9 Å². The quantitative estimate of drug-likeness (QED) is 0.689. The maximum atomic E-state index is 10.7. The van der Waals surface area contributed by atoms with Gasteiger partial charge in [0.1, 0.15) is 12.0 Å². The van der Waals surface area contributed by atoms with Gasteiger partial charge < -0.3 is 9.84 Å². The van der Waals surface area contributed by atoms with Crippen molar-refractivity contribution in [1.82, 2.24) is 10.1 Å². The molecule has 2 aromatic rings. The summed E-state index contributed by atoms with van der Waals surface area (Å²) in [6.45, 7) is 2.06. The van der Waals surface area contributed by atoms with E-state index in [9.17, 15) is 10.1 Å². The molecular formula is C10H9BrN4O3. The fraction of sp³-hybridized carbons (Fsp3) is 0.200. The number of hydrogen-bond acceptors (Lipinski definition) is 6. The lowest BCUT2D eigenvalue weighted by atomic mass is 10.2. The van der Waals surface area contributed by atoms with Crippen LogP contribution in [0.2, 0.25) is 0 Å². The zero-order chi connectivity index (χ0) is 13.1. The van der Waals surface area contributed by atoms with Gasteiger partial charge >= 0.3 is 0 Å². The second-order valence-corrected chi connectivity index (χ2v) is 4.31. The first-order chi connectivity index (χ1) is 8.59. The SMILES string of the molecule is Cc1c([N+](=O)[O-])cnc(NCc2ccno2)c1Br. The predicted octanol–water partition coefficient (Wildman–Crippen LogP) is 2.66. The summed E-state index contributed by atoms with van der Waals surface area (Å²) in [5.41, 5.74) is 0.502. The van der Waals surface area contributed by atoms with Gasteiger partial charge in [-0.3, -0.25) is 10.1 Å². The summed E-state index contributed by atoms with van der Waals surface area (Å²) < 4.78 is 5.49. The van der Waals surface area contributed by atoms with Crippen molar-refractivity contribution in [3.8, 4) is 0 Å². The lowest BCUT2D eigenvalue weighted by molar-refractivity contribution is -0.385. The monoisotopic (exact) mass is 312 g/mol. The van der Waals surface area contributed by atoms with Gasteiger partial charge in [0.2, 0.25) is 0 Å². The van der Waals surface area contributed by atoms with E-state index >= 15 is 0 Å². The van der Waals surface area contributed by atoms with E-state index in [0.717, 1.165) is 0 Å². The zero-order valence-corrected chi connectivity index (χ0v) is 11.0. The van der Waals surface area contributed by atoms with Crippen LogP contribution in [0.5, 0.6) is 0 Å². The molecule has 2 aromatic heterocycles. The van der Waals surface area contributed by atoms with Crippen molar-refractivity contribution in [3.63, 3.8) is 0 Å². The number of anilines is 1. The van der Waals surface area contributed by atoms with Crippen LogP contribution in [-0.4, -0.2) is 15.1 Å². The fourth-order valence-corrected chi connectivity index (χ4v) is 1.83. The van der Waals surface area contributed by atoms with Gasteiger partial charge in [0.15, 0.2) is 5.76 Å². The molecule has 8 heteroatoms. The summed E-state index contributed by atoms with van der Waals surface area (Å²) >= 11 is 3.29. The number of halogens is 1. The summed E-state index contributed by atoms with van der Waals surface area (Å²) in [4.78, 5) is 14.3. The van der Waals surface area contributed by atoms with Crippen LogP contribution >= 0.6 is 15.9 Å². The van der Waals surface area contributed by atoms with Crippen LogP contribution < -0.4 is 5.32 Å². The molecule has 0 saturated heterocycles. The highest BCUT2D eigenvalue weighted by molar-refractivity contribution is 9.10. The highest BCUT2D eigenvalue weighted by Gasteiger charge is 2.17. The summed E-state index contributed by atoms with van der Waals surface area (Å²) in [7, 11) is 0. The zero-order valence-electron chi connectivity index (χ0n) is 9.38. The van der Waals surface area contributed by atoms with Crippen LogP contribution in [0, 0.1) is 17.0 Å². The molecule has 0 fully saturated rings. The molecule has 7 nitrogen and oxygen atoms in total. The molecule has 0 amide bonds. The van der Waals surface area contributed by atoms with Crippen molar-refractivity contribution in [2.75, 3.05) is 5.32 Å². The maximum absolute atomic E-state index is 10.7. The van der Waals surface area contributed by atoms with Crippen LogP contribution in [0.25, 0.3) is 0 Å². The molecule has 0 bridgehead atoms. The molecule has 0 unspecified atom stereocenters. The van der Waals surface area contributed by atoms with Crippen molar-refractivity contribution < 1.29 is 9.45 Å². The number of pyridine rings is 1. The molecule has 0 aliphatic heterocycles. The Labute approximate surface area is 110 Å². The molecule has 1 N–H and O–H groups in total. The van der Waals surface area contributed by atoms with Crippen LogP contribution in [0.15, 0.2) is 27.5 Å². The molecule has 0 atom stereocenters. The molecule has 0 radical (unpaired) electrons. The Hall–Kier alpha value is -1.96. The van der Waals surface area contributed by atoms with Gasteiger partial charge in [-0.1, -0.05) is 5.16 Å². The molecule has 0 saturated carbocycles. The van der Waals surface area contributed by atoms with Gasteiger partial charge in [0.25, 0.3) is 5.69 Å². The number of aromatic nitrogens is 2. The maximum Gasteiger partial charge on any atom is 0.291 e. The lowest BCUT2D eigenvalue weighted by Gasteiger charge is -2.07. The Morgan fingerprint density at radius 2 is 2.39 bits per heavy atom. The minimum absolute atomic E-state index is 0.0212. The third-order valence-corrected chi connectivity index (χ3v) is 3.33. The van der Waals surface area contributed by atoms with Gasteiger partial charge in [-0.25, -0.2) is 4.98 Å². The van der Waals surface area contributed by atoms with Crippen LogP contribution in [0.4, 0.5) is 11.5 Å². The smallest absolute Gasteiger partial charge is 0.291 e. The second-order valence-electron chi connectivity index (χ2n) is 3.52. The van der Waals surface area contributed by atoms with Crippen molar-refractivity contribution in [2.24, 2.45) is 0 Å². The van der Waals surface area contributed by atoms with E-state index in [-0.39, 0.29) is 5.69 Å². The normalized spacial score (nSPS) is 10.3. The highest BCUT2D eigenvalue weighted by Crippen LogP contribution is 2.30. The average Bonchev–Trinajstić information content (AvgIpc) is 2.83. The largest absolute Gasteiger partial charge is 0.362 e. The van der Waals surface area contributed by atoms with Crippen molar-refractivity contribution in [3.05, 3.63) is 44.4 Å². The summed E-state index contributed by atoms with van der Waals surface area (Å²) in [6, 6.07) is 1.72. The first-order valence-electron chi connectivity index (χ1n) is 5.02. The van der Waals surface area contributed by atoms with Crippen LogP contribution in [-0.2, 0) is 6.54 Å². The molecule has 94 valence electrons. The van der Waals surface area contributed by atoms with E-state index in [4.69, 9.17) is 4.52 Å². The fourth-order valence-electron chi connectivity index (χ4n) is 1.38. The number of nitro groups is 1. The Kier molecular flexibility index (Phi) is 3.56. The van der Waals surface area contributed by atoms with E-state index < -0.39 is 4.92 Å². The standard InChI is InChI=1S/C10H9BrN4O3/c1-6-8(15(16)17)5-13-10(9(6)11)12-4-7-2-3-14-18-7/h2-3,5H,4H2,1H3,(H,12,13). The lowest BCUT2D eigenvalue weighted by Crippen LogP contribution is -2.03. The van der Waals surface area contributed by atoms with Gasteiger partial charge in [0.05, 0.1) is 22.1 Å². The average molecular weight is 313 g/mol. The Morgan fingerprint density at radius 3 is 3.00 bits per heavy atom. The van der Waals surface area contributed by atoms with Crippen molar-refractivity contribution >= 4 is 27.4 Å². The Morgan fingerprint density at radius 1 is 1.61 bits per heavy atom. The number of nitrogens with zero attached hydrogens (tertiary/aromatic N) is 3. The van der Waals surface area contributed by atoms with Gasteiger partial charge in [-0.15, -0.1) is 0 Å². The summed E-state index contributed by atoms with van der Waals surface area (Å²) in [6.07, 6.45) is 2.77. The van der Waals surface area contributed by atoms with Crippen LogP contribution in [0.1, 0.15) is 11.3 Å².